The summed E-state index contributed by atoms with van der Waals surface area (Å²) in [5.41, 5.74) is -0.796. The van der Waals surface area contributed by atoms with E-state index in [2.05, 4.69) is 15.1 Å². The molecule has 7 nitrogen and oxygen atoms in total. The highest BCUT2D eigenvalue weighted by Crippen LogP contribution is 2.30. The lowest BCUT2D eigenvalue weighted by Gasteiger charge is -2.34. The van der Waals surface area contributed by atoms with Crippen LogP contribution in [0.5, 0.6) is 0 Å². The van der Waals surface area contributed by atoms with Crippen LogP contribution in [0.4, 0.5) is 18.9 Å². The number of rotatable bonds is 3. The number of anilines is 1. The Labute approximate surface area is 135 Å². The van der Waals surface area contributed by atoms with Crippen LogP contribution in [0.3, 0.4) is 0 Å². The first-order valence-corrected chi connectivity index (χ1v) is 7.23. The van der Waals surface area contributed by atoms with Gasteiger partial charge in [0.05, 0.1) is 13.1 Å². The molecule has 0 aromatic carbocycles. The Bertz CT molecular complexity index is 744. The molecule has 128 valence electrons. The summed E-state index contributed by atoms with van der Waals surface area (Å²) < 4.78 is 39.9. The smallest absolute Gasteiger partial charge is 0.310 e. The maximum absolute atomic E-state index is 12.8. The SMILES string of the molecule is Cn1ncnc1CN1CCN(c2ccnc(C(F)(F)F)c2)C(=O)C1. The summed E-state index contributed by atoms with van der Waals surface area (Å²) in [6.07, 6.45) is -2.04. The largest absolute Gasteiger partial charge is 0.433 e. The Kier molecular flexibility index (Phi) is 4.22. The summed E-state index contributed by atoms with van der Waals surface area (Å²) in [5, 5.41) is 3.97. The molecule has 2 aromatic rings. The third kappa shape index (κ3) is 3.37. The topological polar surface area (TPSA) is 67.2 Å². The number of alkyl halides is 3. The van der Waals surface area contributed by atoms with Gasteiger partial charge in [0.2, 0.25) is 5.91 Å². The zero-order chi connectivity index (χ0) is 17.3. The van der Waals surface area contributed by atoms with Crippen LogP contribution in [0.2, 0.25) is 0 Å². The molecule has 0 radical (unpaired) electrons. The van der Waals surface area contributed by atoms with Gasteiger partial charge in [0.15, 0.2) is 0 Å². The lowest BCUT2D eigenvalue weighted by atomic mass is 10.2. The number of pyridine rings is 1. The third-order valence-corrected chi connectivity index (χ3v) is 3.82. The number of carbonyl (C=O) groups excluding carboxylic acids is 1. The van der Waals surface area contributed by atoms with E-state index in [4.69, 9.17) is 0 Å². The average molecular weight is 340 g/mol. The number of nitrogens with zero attached hydrogens (tertiary/aromatic N) is 6. The first-order valence-electron chi connectivity index (χ1n) is 7.23. The minimum atomic E-state index is -4.54. The molecule has 1 fully saturated rings. The predicted octanol–water partition coefficient (Wildman–Crippen LogP) is 1.08. The molecule has 3 rings (SSSR count). The molecule has 1 aliphatic rings. The van der Waals surface area contributed by atoms with Gasteiger partial charge >= 0.3 is 6.18 Å². The van der Waals surface area contributed by atoms with Crippen LogP contribution in [-0.2, 0) is 24.6 Å². The van der Waals surface area contributed by atoms with E-state index in [0.29, 0.717) is 19.6 Å². The second-order valence-corrected chi connectivity index (χ2v) is 5.45. The van der Waals surface area contributed by atoms with Crippen molar-refractivity contribution in [2.75, 3.05) is 24.5 Å². The van der Waals surface area contributed by atoms with E-state index in [1.165, 1.54) is 17.3 Å². The number of piperazine rings is 1. The van der Waals surface area contributed by atoms with Gasteiger partial charge < -0.3 is 4.90 Å². The van der Waals surface area contributed by atoms with Gasteiger partial charge in [-0.15, -0.1) is 0 Å². The molecule has 0 unspecified atom stereocenters. The number of aryl methyl sites for hydroxylation is 1. The average Bonchev–Trinajstić information content (AvgIpc) is 2.92. The van der Waals surface area contributed by atoms with Gasteiger partial charge in [0.1, 0.15) is 17.8 Å². The van der Waals surface area contributed by atoms with Gasteiger partial charge in [-0.3, -0.25) is 19.4 Å². The van der Waals surface area contributed by atoms with E-state index in [0.717, 1.165) is 18.1 Å². The van der Waals surface area contributed by atoms with Crippen LogP contribution in [0.25, 0.3) is 0 Å². The number of aromatic nitrogens is 4. The Morgan fingerprint density at radius 3 is 2.67 bits per heavy atom. The molecule has 3 heterocycles. The monoisotopic (exact) mass is 340 g/mol. The fraction of sp³-hybridized carbons (Fsp3) is 0.429. The van der Waals surface area contributed by atoms with E-state index < -0.39 is 11.9 Å². The van der Waals surface area contributed by atoms with E-state index in [9.17, 15) is 18.0 Å². The molecule has 1 aliphatic heterocycles. The minimum Gasteiger partial charge on any atom is -0.310 e. The highest BCUT2D eigenvalue weighted by molar-refractivity contribution is 5.95. The Hall–Kier alpha value is -2.49. The molecule has 0 N–H and O–H groups in total. The first kappa shape index (κ1) is 16.4. The van der Waals surface area contributed by atoms with Crippen molar-refractivity contribution in [2.24, 2.45) is 7.05 Å². The normalized spacial score (nSPS) is 16.7. The standard InChI is InChI=1S/C14H15F3N6O/c1-21-12(19-9-20-21)7-22-4-5-23(13(24)8-22)10-2-3-18-11(6-10)14(15,16)17/h2-3,6,9H,4-5,7-8H2,1H3. The molecule has 0 spiro atoms. The lowest BCUT2D eigenvalue weighted by molar-refractivity contribution is -0.141. The third-order valence-electron chi connectivity index (χ3n) is 3.82. The second kappa shape index (κ2) is 6.19. The van der Waals surface area contributed by atoms with E-state index in [1.807, 2.05) is 4.90 Å². The van der Waals surface area contributed by atoms with Crippen LogP contribution in [0, 0.1) is 0 Å². The van der Waals surface area contributed by atoms with Gasteiger partial charge in [-0.05, 0) is 12.1 Å². The van der Waals surface area contributed by atoms with Crippen LogP contribution in [-0.4, -0.2) is 50.2 Å². The Balaban J connectivity index is 1.70. The van der Waals surface area contributed by atoms with Gasteiger partial charge in [-0.25, -0.2) is 4.98 Å². The van der Waals surface area contributed by atoms with Crippen molar-refractivity contribution in [2.45, 2.75) is 12.7 Å². The highest BCUT2D eigenvalue weighted by atomic mass is 19.4. The van der Waals surface area contributed by atoms with Crippen LogP contribution >= 0.6 is 0 Å². The van der Waals surface area contributed by atoms with Crippen LogP contribution < -0.4 is 4.90 Å². The summed E-state index contributed by atoms with van der Waals surface area (Å²) in [7, 11) is 1.76. The molecular weight excluding hydrogens is 325 g/mol. The number of amides is 1. The van der Waals surface area contributed by atoms with Gasteiger partial charge in [-0.1, -0.05) is 0 Å². The molecule has 10 heteroatoms. The molecule has 0 atom stereocenters. The van der Waals surface area contributed by atoms with Gasteiger partial charge in [0.25, 0.3) is 0 Å². The van der Waals surface area contributed by atoms with E-state index in [1.54, 1.807) is 11.7 Å². The van der Waals surface area contributed by atoms with Crippen LogP contribution in [0.15, 0.2) is 24.7 Å². The highest BCUT2D eigenvalue weighted by Gasteiger charge is 2.34. The summed E-state index contributed by atoms with van der Waals surface area (Å²) in [5.74, 6) is 0.460. The minimum absolute atomic E-state index is 0.108. The summed E-state index contributed by atoms with van der Waals surface area (Å²) >= 11 is 0. The fourth-order valence-corrected chi connectivity index (χ4v) is 2.54. The molecule has 1 amide bonds. The maximum atomic E-state index is 12.8. The zero-order valence-corrected chi connectivity index (χ0v) is 12.9. The van der Waals surface area contributed by atoms with Crippen molar-refractivity contribution in [1.29, 1.82) is 0 Å². The summed E-state index contributed by atoms with van der Waals surface area (Å²) in [6.45, 7) is 1.40. The van der Waals surface area contributed by atoms with Gasteiger partial charge in [0, 0.05) is 32.0 Å². The molecule has 2 aromatic heterocycles. The maximum Gasteiger partial charge on any atom is 0.433 e. The second-order valence-electron chi connectivity index (χ2n) is 5.45. The van der Waals surface area contributed by atoms with E-state index >= 15 is 0 Å². The number of hydrogen-bond donors (Lipinski definition) is 0. The van der Waals surface area contributed by atoms with E-state index in [-0.39, 0.29) is 18.1 Å². The van der Waals surface area contributed by atoms with Crippen molar-refractivity contribution < 1.29 is 18.0 Å². The lowest BCUT2D eigenvalue weighted by Crippen LogP contribution is -2.50. The Morgan fingerprint density at radius 2 is 2.04 bits per heavy atom. The van der Waals surface area contributed by atoms with Crippen molar-refractivity contribution in [3.8, 4) is 0 Å². The molecule has 0 bridgehead atoms. The zero-order valence-electron chi connectivity index (χ0n) is 12.9. The number of carbonyl (C=O) groups is 1. The van der Waals surface area contributed by atoms with Crippen molar-refractivity contribution in [1.82, 2.24) is 24.6 Å². The van der Waals surface area contributed by atoms with Gasteiger partial charge in [-0.2, -0.15) is 18.3 Å². The summed E-state index contributed by atoms with van der Waals surface area (Å²) in [6, 6.07) is 2.31. The number of hydrogen-bond acceptors (Lipinski definition) is 5. The Morgan fingerprint density at radius 1 is 1.25 bits per heavy atom. The quantitative estimate of drug-likeness (QED) is 0.836. The molecule has 1 saturated heterocycles. The van der Waals surface area contributed by atoms with Crippen molar-refractivity contribution in [3.63, 3.8) is 0 Å². The molecular formula is C14H15F3N6O. The van der Waals surface area contributed by atoms with Crippen molar-refractivity contribution >= 4 is 11.6 Å². The van der Waals surface area contributed by atoms with Crippen LogP contribution in [0.1, 0.15) is 11.5 Å². The van der Waals surface area contributed by atoms with Crippen molar-refractivity contribution in [3.05, 3.63) is 36.2 Å². The first-order chi connectivity index (χ1) is 11.3. The summed E-state index contributed by atoms with van der Waals surface area (Å²) in [4.78, 5) is 23.0. The molecule has 0 saturated carbocycles. The fourth-order valence-electron chi connectivity index (χ4n) is 2.54. The molecule has 0 aliphatic carbocycles. The number of halogens is 3. The molecule has 24 heavy (non-hydrogen) atoms. The predicted molar refractivity (Wildman–Crippen MR) is 77.9 cm³/mol.